The van der Waals surface area contributed by atoms with Gasteiger partial charge in [0.15, 0.2) is 5.78 Å². The number of halogens is 1. The molecule has 1 aliphatic carbocycles. The van der Waals surface area contributed by atoms with Gasteiger partial charge in [0.2, 0.25) is 0 Å². The van der Waals surface area contributed by atoms with Crippen molar-refractivity contribution < 1.29 is 23.9 Å². The molecule has 1 aromatic rings. The van der Waals surface area contributed by atoms with Crippen molar-refractivity contribution in [3.63, 3.8) is 0 Å². The summed E-state index contributed by atoms with van der Waals surface area (Å²) in [5.74, 6) is -1.18. The Hall–Kier alpha value is -2.30. The van der Waals surface area contributed by atoms with Crippen molar-refractivity contribution in [2.75, 3.05) is 0 Å². The van der Waals surface area contributed by atoms with Crippen molar-refractivity contribution in [2.24, 2.45) is 11.8 Å². The first kappa shape index (κ1) is 21.0. The Morgan fingerprint density at radius 1 is 1.22 bits per heavy atom. The molecule has 27 heavy (non-hydrogen) atoms. The van der Waals surface area contributed by atoms with Crippen molar-refractivity contribution in [3.05, 3.63) is 47.3 Å². The van der Waals surface area contributed by atoms with Crippen molar-refractivity contribution >= 4 is 17.5 Å². The molecule has 1 N–H and O–H groups in total. The summed E-state index contributed by atoms with van der Waals surface area (Å²) in [6.45, 7) is 1.59. The molecule has 4 nitrogen and oxygen atoms in total. The van der Waals surface area contributed by atoms with E-state index in [1.165, 1.54) is 18.2 Å². The highest BCUT2D eigenvalue weighted by Crippen LogP contribution is 2.34. The third kappa shape index (κ3) is 6.12. The van der Waals surface area contributed by atoms with Crippen LogP contribution in [0.4, 0.5) is 4.39 Å². The van der Waals surface area contributed by atoms with E-state index >= 15 is 0 Å². The molecule has 1 aliphatic rings. The molecule has 0 amide bonds. The third-order valence-corrected chi connectivity index (χ3v) is 5.34. The van der Waals surface area contributed by atoms with Crippen molar-refractivity contribution in [1.82, 2.24) is 0 Å². The molecule has 1 aromatic carbocycles. The van der Waals surface area contributed by atoms with E-state index in [4.69, 9.17) is 5.11 Å². The Morgan fingerprint density at radius 2 is 1.96 bits per heavy atom. The molecular weight excluding hydrogens is 347 g/mol. The number of Topliss-reactive ketones (excluding diaryl/α,β-unsaturated/α-hetero) is 1. The smallest absolute Gasteiger partial charge is 0.303 e. The molecule has 0 aromatic heterocycles. The molecule has 2 unspecified atom stereocenters. The maximum absolute atomic E-state index is 13.6. The summed E-state index contributed by atoms with van der Waals surface area (Å²) < 4.78 is 13.6. The Balaban J connectivity index is 1.87. The van der Waals surface area contributed by atoms with Crippen LogP contribution in [-0.4, -0.2) is 22.6 Å². The van der Waals surface area contributed by atoms with E-state index < -0.39 is 11.8 Å². The number of carbonyl (C=O) groups is 3. The molecule has 0 bridgehead atoms. The molecule has 0 spiro atoms. The first-order valence-corrected chi connectivity index (χ1v) is 9.62. The zero-order valence-corrected chi connectivity index (χ0v) is 15.7. The fourth-order valence-electron chi connectivity index (χ4n) is 3.71. The van der Waals surface area contributed by atoms with Crippen molar-refractivity contribution in [2.45, 2.75) is 58.3 Å². The SMILES string of the molecule is Cc1c(F)cccc1C(=O)C=CC1CCC(=O)C1CCCCCCC(=O)O. The Bertz CT molecular complexity index is 723. The minimum Gasteiger partial charge on any atom is -0.481 e. The second-order valence-electron chi connectivity index (χ2n) is 7.26. The quantitative estimate of drug-likeness (QED) is 0.359. The molecule has 5 heteroatoms. The fraction of sp³-hybridized carbons (Fsp3) is 0.500. The number of hydrogen-bond acceptors (Lipinski definition) is 3. The van der Waals surface area contributed by atoms with E-state index in [1.807, 2.05) is 6.08 Å². The molecule has 0 radical (unpaired) electrons. The highest BCUT2D eigenvalue weighted by atomic mass is 19.1. The number of carbonyl (C=O) groups excluding carboxylic acids is 2. The Kier molecular flexibility index (Phi) is 7.89. The number of carboxylic acid groups (broad SMARTS) is 1. The standard InChI is InChI=1S/C22H27FO4/c1-15-17(8-6-9-19(15)23)20(24)13-11-16-12-14-21(25)18(16)7-4-2-3-5-10-22(26)27/h6,8-9,11,13,16,18H,2-5,7,10,12,14H2,1H3,(H,26,27). The van der Waals surface area contributed by atoms with Crippen molar-refractivity contribution in [1.29, 1.82) is 0 Å². The van der Waals surface area contributed by atoms with E-state index in [1.54, 1.807) is 13.0 Å². The van der Waals surface area contributed by atoms with Gasteiger partial charge < -0.3 is 5.11 Å². The van der Waals surface area contributed by atoms with Gasteiger partial charge in [-0.05, 0) is 49.8 Å². The van der Waals surface area contributed by atoms with Crippen LogP contribution in [-0.2, 0) is 9.59 Å². The van der Waals surface area contributed by atoms with E-state index in [2.05, 4.69) is 0 Å². The summed E-state index contributed by atoms with van der Waals surface area (Å²) in [4.78, 5) is 35.0. The molecule has 146 valence electrons. The molecule has 0 aliphatic heterocycles. The number of hydrogen-bond donors (Lipinski definition) is 1. The van der Waals surface area contributed by atoms with E-state index in [-0.39, 0.29) is 29.8 Å². The number of unbranched alkanes of at least 4 members (excludes halogenated alkanes) is 3. The summed E-state index contributed by atoms with van der Waals surface area (Å²) in [5.41, 5.74) is 0.693. The lowest BCUT2D eigenvalue weighted by Crippen LogP contribution is -2.13. The van der Waals surface area contributed by atoms with E-state index in [9.17, 15) is 18.8 Å². The minimum absolute atomic E-state index is 0.0503. The van der Waals surface area contributed by atoms with Gasteiger partial charge in [-0.3, -0.25) is 14.4 Å². The Morgan fingerprint density at radius 3 is 2.70 bits per heavy atom. The van der Waals surface area contributed by atoms with Crippen LogP contribution in [0.3, 0.4) is 0 Å². The minimum atomic E-state index is -0.774. The van der Waals surface area contributed by atoms with Gasteiger partial charge in [0.25, 0.3) is 0 Å². The van der Waals surface area contributed by atoms with Gasteiger partial charge in [0.05, 0.1) is 0 Å². The highest BCUT2D eigenvalue weighted by molar-refractivity contribution is 6.05. The molecular formula is C22H27FO4. The molecule has 1 fully saturated rings. The topological polar surface area (TPSA) is 71.4 Å². The summed E-state index contributed by atoms with van der Waals surface area (Å²) in [7, 11) is 0. The molecule has 2 rings (SSSR count). The number of allylic oxidation sites excluding steroid dienone is 2. The van der Waals surface area contributed by atoms with Crippen LogP contribution < -0.4 is 0 Å². The van der Waals surface area contributed by atoms with Crippen LogP contribution in [0.5, 0.6) is 0 Å². The maximum atomic E-state index is 13.6. The number of ketones is 2. The summed E-state index contributed by atoms with van der Waals surface area (Å²) in [6, 6.07) is 4.47. The molecule has 2 atom stereocenters. The van der Waals surface area contributed by atoms with Gasteiger partial charge in [-0.15, -0.1) is 0 Å². The van der Waals surface area contributed by atoms with Gasteiger partial charge in [-0.25, -0.2) is 4.39 Å². The van der Waals surface area contributed by atoms with Gasteiger partial charge in [0, 0.05) is 24.3 Å². The lowest BCUT2D eigenvalue weighted by atomic mass is 9.89. The predicted molar refractivity (Wildman–Crippen MR) is 101 cm³/mol. The first-order valence-electron chi connectivity index (χ1n) is 9.62. The van der Waals surface area contributed by atoms with Crippen LogP contribution in [0.15, 0.2) is 30.4 Å². The summed E-state index contributed by atoms with van der Waals surface area (Å²) in [5, 5.41) is 8.63. The predicted octanol–water partition coefficient (Wildman–Crippen LogP) is 4.89. The number of aliphatic carboxylic acids is 1. The van der Waals surface area contributed by atoms with Crippen LogP contribution >= 0.6 is 0 Å². The molecule has 1 saturated carbocycles. The number of benzene rings is 1. The molecule has 0 heterocycles. The summed E-state index contributed by atoms with van der Waals surface area (Å²) >= 11 is 0. The summed E-state index contributed by atoms with van der Waals surface area (Å²) in [6.07, 6.45) is 8.84. The van der Waals surface area contributed by atoms with Crippen LogP contribution in [0.2, 0.25) is 0 Å². The zero-order valence-electron chi connectivity index (χ0n) is 15.7. The zero-order chi connectivity index (χ0) is 19.8. The van der Waals surface area contributed by atoms with Gasteiger partial charge in [-0.1, -0.05) is 37.5 Å². The number of carboxylic acids is 1. The monoisotopic (exact) mass is 374 g/mol. The van der Waals surface area contributed by atoms with Crippen LogP contribution in [0, 0.1) is 24.6 Å². The molecule has 0 saturated heterocycles. The number of rotatable bonds is 10. The van der Waals surface area contributed by atoms with Gasteiger partial charge in [0.1, 0.15) is 11.6 Å². The average Bonchev–Trinajstić information content (AvgIpc) is 2.98. The Labute approximate surface area is 159 Å². The van der Waals surface area contributed by atoms with Crippen LogP contribution in [0.25, 0.3) is 0 Å². The first-order chi connectivity index (χ1) is 12.9. The maximum Gasteiger partial charge on any atom is 0.303 e. The van der Waals surface area contributed by atoms with E-state index in [0.717, 1.165) is 32.1 Å². The van der Waals surface area contributed by atoms with E-state index in [0.29, 0.717) is 24.0 Å². The lowest BCUT2D eigenvalue weighted by molar-refractivity contribution is -0.137. The second kappa shape index (κ2) is 10.1. The fourth-order valence-corrected chi connectivity index (χ4v) is 3.71. The second-order valence-corrected chi connectivity index (χ2v) is 7.26. The largest absolute Gasteiger partial charge is 0.481 e. The third-order valence-electron chi connectivity index (χ3n) is 5.34. The lowest BCUT2D eigenvalue weighted by Gasteiger charge is -2.14. The average molecular weight is 374 g/mol. The highest BCUT2D eigenvalue weighted by Gasteiger charge is 2.32. The normalized spacial score (nSPS) is 19.7. The van der Waals surface area contributed by atoms with Crippen molar-refractivity contribution in [3.8, 4) is 0 Å². The van der Waals surface area contributed by atoms with Gasteiger partial charge >= 0.3 is 5.97 Å². The van der Waals surface area contributed by atoms with Gasteiger partial charge in [-0.2, -0.15) is 0 Å². The van der Waals surface area contributed by atoms with Crippen LogP contribution in [0.1, 0.15) is 67.3 Å².